The maximum absolute atomic E-state index is 12.4. The van der Waals surface area contributed by atoms with Gasteiger partial charge in [0.1, 0.15) is 6.26 Å². The molecule has 21 heavy (non-hydrogen) atoms. The van der Waals surface area contributed by atoms with Crippen molar-refractivity contribution in [2.24, 2.45) is 0 Å². The predicted octanol–water partition coefficient (Wildman–Crippen LogP) is 3.49. The summed E-state index contributed by atoms with van der Waals surface area (Å²) >= 11 is 0. The van der Waals surface area contributed by atoms with Crippen molar-refractivity contribution in [2.45, 2.75) is 12.6 Å². The minimum absolute atomic E-state index is 0.186. The van der Waals surface area contributed by atoms with Gasteiger partial charge in [0.15, 0.2) is 0 Å². The molecule has 1 aromatic carbocycles. The van der Waals surface area contributed by atoms with Crippen LogP contribution in [0, 0.1) is 0 Å². The SMILES string of the molecule is O=C(O)Cc1coc(C=Cc2ccc(C(F)(F)F)cc2)n1. The number of carboxylic acid groups (broad SMARTS) is 1. The maximum atomic E-state index is 12.4. The second-order valence-electron chi connectivity index (χ2n) is 4.20. The molecule has 0 bridgehead atoms. The van der Waals surface area contributed by atoms with Crippen LogP contribution in [-0.2, 0) is 17.4 Å². The molecule has 0 spiro atoms. The molecule has 0 saturated heterocycles. The van der Waals surface area contributed by atoms with Crippen LogP contribution in [0.25, 0.3) is 12.2 Å². The molecule has 0 atom stereocenters. The van der Waals surface area contributed by atoms with Crippen molar-refractivity contribution in [3.8, 4) is 0 Å². The van der Waals surface area contributed by atoms with Gasteiger partial charge in [0.2, 0.25) is 5.89 Å². The van der Waals surface area contributed by atoms with Gasteiger partial charge in [-0.15, -0.1) is 0 Å². The number of nitrogens with zero attached hydrogens (tertiary/aromatic N) is 1. The van der Waals surface area contributed by atoms with Crippen LogP contribution in [0.4, 0.5) is 13.2 Å². The number of hydrogen-bond acceptors (Lipinski definition) is 3. The summed E-state index contributed by atoms with van der Waals surface area (Å²) < 4.78 is 42.2. The van der Waals surface area contributed by atoms with Gasteiger partial charge >= 0.3 is 12.1 Å². The quantitative estimate of drug-likeness (QED) is 0.938. The fourth-order valence-corrected chi connectivity index (χ4v) is 1.59. The predicted molar refractivity (Wildman–Crippen MR) is 68.2 cm³/mol. The molecule has 4 nitrogen and oxygen atoms in total. The first-order valence-corrected chi connectivity index (χ1v) is 5.86. The van der Waals surface area contributed by atoms with Crippen LogP contribution in [0.2, 0.25) is 0 Å². The molecule has 2 aromatic rings. The lowest BCUT2D eigenvalue weighted by atomic mass is 10.1. The van der Waals surface area contributed by atoms with Crippen LogP contribution in [0.3, 0.4) is 0 Å². The molecule has 0 aliphatic rings. The number of alkyl halides is 3. The zero-order chi connectivity index (χ0) is 15.5. The molecular formula is C14H10F3NO3. The van der Waals surface area contributed by atoms with Crippen molar-refractivity contribution >= 4 is 18.1 Å². The van der Waals surface area contributed by atoms with E-state index in [2.05, 4.69) is 4.98 Å². The summed E-state index contributed by atoms with van der Waals surface area (Å²) in [4.78, 5) is 14.4. The molecule has 7 heteroatoms. The summed E-state index contributed by atoms with van der Waals surface area (Å²) in [5, 5.41) is 8.58. The highest BCUT2D eigenvalue weighted by Crippen LogP contribution is 2.29. The smallest absolute Gasteiger partial charge is 0.416 e. The Hall–Kier alpha value is -2.57. The zero-order valence-electron chi connectivity index (χ0n) is 10.6. The van der Waals surface area contributed by atoms with E-state index in [0.717, 1.165) is 12.1 Å². The van der Waals surface area contributed by atoms with E-state index in [-0.39, 0.29) is 18.0 Å². The minimum Gasteiger partial charge on any atom is -0.481 e. The summed E-state index contributed by atoms with van der Waals surface area (Å²) in [6.07, 6.45) is -0.417. The molecule has 1 heterocycles. The van der Waals surface area contributed by atoms with E-state index < -0.39 is 17.7 Å². The van der Waals surface area contributed by atoms with Crippen molar-refractivity contribution in [2.75, 3.05) is 0 Å². The van der Waals surface area contributed by atoms with Crippen molar-refractivity contribution in [3.05, 3.63) is 53.2 Å². The van der Waals surface area contributed by atoms with E-state index in [9.17, 15) is 18.0 Å². The van der Waals surface area contributed by atoms with Crippen LogP contribution in [0.5, 0.6) is 0 Å². The van der Waals surface area contributed by atoms with E-state index in [4.69, 9.17) is 9.52 Å². The van der Waals surface area contributed by atoms with Crippen LogP contribution < -0.4 is 0 Å². The molecule has 0 saturated carbocycles. The van der Waals surface area contributed by atoms with Gasteiger partial charge < -0.3 is 9.52 Å². The van der Waals surface area contributed by atoms with E-state index in [1.165, 1.54) is 30.5 Å². The van der Waals surface area contributed by atoms with Gasteiger partial charge in [-0.2, -0.15) is 13.2 Å². The molecule has 0 unspecified atom stereocenters. The highest BCUT2D eigenvalue weighted by atomic mass is 19.4. The molecular weight excluding hydrogens is 287 g/mol. The normalized spacial score (nSPS) is 12.0. The Morgan fingerprint density at radius 3 is 2.48 bits per heavy atom. The summed E-state index contributed by atoms with van der Waals surface area (Å²) in [6, 6.07) is 4.59. The molecule has 0 aliphatic carbocycles. The van der Waals surface area contributed by atoms with Gasteiger partial charge in [-0.1, -0.05) is 12.1 Å². The Kier molecular flexibility index (Phi) is 4.11. The maximum Gasteiger partial charge on any atom is 0.416 e. The monoisotopic (exact) mass is 297 g/mol. The van der Waals surface area contributed by atoms with Gasteiger partial charge in [-0.3, -0.25) is 4.79 Å². The number of carbonyl (C=O) groups is 1. The van der Waals surface area contributed by atoms with Gasteiger partial charge in [-0.25, -0.2) is 4.98 Å². The third kappa shape index (κ3) is 4.20. The van der Waals surface area contributed by atoms with Crippen molar-refractivity contribution in [1.82, 2.24) is 4.98 Å². The van der Waals surface area contributed by atoms with Gasteiger partial charge in [0, 0.05) is 6.08 Å². The number of aliphatic carboxylic acids is 1. The van der Waals surface area contributed by atoms with Crippen molar-refractivity contribution in [1.29, 1.82) is 0 Å². The lowest BCUT2D eigenvalue weighted by molar-refractivity contribution is -0.138. The Bertz CT molecular complexity index is 657. The molecule has 110 valence electrons. The van der Waals surface area contributed by atoms with Gasteiger partial charge in [0.05, 0.1) is 17.7 Å². The van der Waals surface area contributed by atoms with Crippen LogP contribution >= 0.6 is 0 Å². The summed E-state index contributed by atoms with van der Waals surface area (Å²) in [5.74, 6) is -0.840. The Labute approximate surface area is 117 Å². The first kappa shape index (κ1) is 14.8. The molecule has 1 aromatic heterocycles. The number of aromatic nitrogens is 1. The number of benzene rings is 1. The Morgan fingerprint density at radius 2 is 1.90 bits per heavy atom. The van der Waals surface area contributed by atoms with Crippen LogP contribution in [-0.4, -0.2) is 16.1 Å². The number of halogens is 3. The van der Waals surface area contributed by atoms with Crippen molar-refractivity contribution in [3.63, 3.8) is 0 Å². The summed E-state index contributed by atoms with van der Waals surface area (Å²) in [6.45, 7) is 0. The lowest BCUT2D eigenvalue weighted by Crippen LogP contribution is -2.03. The van der Waals surface area contributed by atoms with Gasteiger partial charge in [-0.05, 0) is 23.8 Å². The number of oxazole rings is 1. The highest BCUT2D eigenvalue weighted by molar-refractivity contribution is 5.70. The average Bonchev–Trinajstić information content (AvgIpc) is 2.82. The Balaban J connectivity index is 2.07. The van der Waals surface area contributed by atoms with E-state index in [0.29, 0.717) is 5.56 Å². The molecule has 0 fully saturated rings. The second-order valence-corrected chi connectivity index (χ2v) is 4.20. The summed E-state index contributed by atoms with van der Waals surface area (Å²) in [5.41, 5.74) is 0.0927. The Morgan fingerprint density at radius 1 is 1.24 bits per heavy atom. The summed E-state index contributed by atoms with van der Waals surface area (Å²) in [7, 11) is 0. The minimum atomic E-state index is -4.36. The molecule has 2 rings (SSSR count). The van der Waals surface area contributed by atoms with Crippen LogP contribution in [0.1, 0.15) is 22.7 Å². The third-order valence-electron chi connectivity index (χ3n) is 2.56. The molecule has 0 aliphatic heterocycles. The topological polar surface area (TPSA) is 63.3 Å². The number of rotatable bonds is 4. The molecule has 0 amide bonds. The molecule has 1 N–H and O–H groups in total. The van der Waals surface area contributed by atoms with Crippen molar-refractivity contribution < 1.29 is 27.5 Å². The largest absolute Gasteiger partial charge is 0.481 e. The molecule has 0 radical (unpaired) electrons. The highest BCUT2D eigenvalue weighted by Gasteiger charge is 2.29. The number of carboxylic acids is 1. The standard InChI is InChI=1S/C14H10F3NO3/c15-14(16,17)10-4-1-9(2-5-10)3-6-12-18-11(8-21-12)7-13(19)20/h1-6,8H,7H2,(H,19,20). The fraction of sp³-hybridized carbons (Fsp3) is 0.143. The van der Waals surface area contributed by atoms with Gasteiger partial charge in [0.25, 0.3) is 0 Å². The second kappa shape index (κ2) is 5.82. The van der Waals surface area contributed by atoms with E-state index >= 15 is 0 Å². The third-order valence-corrected chi connectivity index (χ3v) is 2.56. The lowest BCUT2D eigenvalue weighted by Gasteiger charge is -2.05. The van der Waals surface area contributed by atoms with E-state index in [1.54, 1.807) is 0 Å². The average molecular weight is 297 g/mol. The number of hydrogen-bond donors (Lipinski definition) is 1. The van der Waals surface area contributed by atoms with Crippen LogP contribution in [0.15, 0.2) is 34.9 Å². The first-order valence-electron chi connectivity index (χ1n) is 5.86. The van der Waals surface area contributed by atoms with E-state index in [1.807, 2.05) is 0 Å². The zero-order valence-corrected chi connectivity index (χ0v) is 10.6. The first-order chi connectivity index (χ1) is 9.84. The fourth-order valence-electron chi connectivity index (χ4n) is 1.59.